The van der Waals surface area contributed by atoms with Crippen LogP contribution < -0.4 is 10.5 Å². The maximum Gasteiger partial charge on any atom is 0.189 e. The second-order valence-corrected chi connectivity index (χ2v) is 4.91. The van der Waals surface area contributed by atoms with E-state index in [1.165, 1.54) is 6.07 Å². The number of halogens is 1. The lowest BCUT2D eigenvalue weighted by Crippen LogP contribution is -2.34. The molecule has 92 valence electrons. The normalized spacial score (nSPS) is 22.0. The first-order chi connectivity index (χ1) is 8.19. The van der Waals surface area contributed by atoms with Crippen molar-refractivity contribution in [3.8, 4) is 5.75 Å². The van der Waals surface area contributed by atoms with Gasteiger partial charge in [-0.2, -0.15) is 0 Å². The Hall–Kier alpha value is -1.13. The summed E-state index contributed by atoms with van der Waals surface area (Å²) in [6.07, 6.45) is 3.83. The van der Waals surface area contributed by atoms with Gasteiger partial charge < -0.3 is 15.2 Å². The van der Waals surface area contributed by atoms with E-state index < -0.39 is 5.54 Å². The molecule has 0 amide bonds. The van der Waals surface area contributed by atoms with E-state index in [1.54, 1.807) is 6.07 Å². The molecule has 0 bridgehead atoms. The number of nitrogens with two attached hydrogens (primary N) is 1. The number of fused-ring (bicyclic) bond motifs is 1. The van der Waals surface area contributed by atoms with E-state index in [2.05, 4.69) is 0 Å². The third kappa shape index (κ3) is 1.81. The van der Waals surface area contributed by atoms with Crippen molar-refractivity contribution in [2.75, 3.05) is 6.79 Å². The Morgan fingerprint density at radius 2 is 2.00 bits per heavy atom. The fraction of sp³-hybridized carbons (Fsp3) is 0.538. The SMILES string of the molecule is NC1(c2cc3c(cc2F)COCO3)CCCC1. The molecule has 3 nitrogen and oxygen atoms in total. The van der Waals surface area contributed by atoms with Gasteiger partial charge in [0.05, 0.1) is 6.61 Å². The summed E-state index contributed by atoms with van der Waals surface area (Å²) in [6.45, 7) is 0.639. The predicted molar refractivity (Wildman–Crippen MR) is 61.0 cm³/mol. The summed E-state index contributed by atoms with van der Waals surface area (Å²) in [5.74, 6) is 0.478. The molecule has 1 saturated carbocycles. The topological polar surface area (TPSA) is 44.5 Å². The monoisotopic (exact) mass is 237 g/mol. The van der Waals surface area contributed by atoms with Crippen molar-refractivity contribution in [1.82, 2.24) is 0 Å². The third-order valence-electron chi connectivity index (χ3n) is 3.74. The summed E-state index contributed by atoms with van der Waals surface area (Å²) in [4.78, 5) is 0. The summed E-state index contributed by atoms with van der Waals surface area (Å²) in [5.41, 5.74) is 7.13. The summed E-state index contributed by atoms with van der Waals surface area (Å²) < 4.78 is 24.6. The van der Waals surface area contributed by atoms with Gasteiger partial charge in [0.1, 0.15) is 11.6 Å². The number of hydrogen-bond donors (Lipinski definition) is 1. The van der Waals surface area contributed by atoms with Gasteiger partial charge in [0.2, 0.25) is 0 Å². The van der Waals surface area contributed by atoms with E-state index in [0.717, 1.165) is 31.2 Å². The van der Waals surface area contributed by atoms with Crippen molar-refractivity contribution in [2.45, 2.75) is 37.8 Å². The van der Waals surface area contributed by atoms with Crippen LogP contribution in [0.1, 0.15) is 36.8 Å². The van der Waals surface area contributed by atoms with Gasteiger partial charge >= 0.3 is 0 Å². The third-order valence-corrected chi connectivity index (χ3v) is 3.74. The Bertz CT molecular complexity index is 441. The van der Waals surface area contributed by atoms with Crippen LogP contribution in [0.4, 0.5) is 4.39 Å². The Morgan fingerprint density at radius 3 is 2.76 bits per heavy atom. The van der Waals surface area contributed by atoms with E-state index in [0.29, 0.717) is 17.9 Å². The molecule has 0 aromatic heterocycles. The minimum Gasteiger partial charge on any atom is -0.467 e. The van der Waals surface area contributed by atoms with Crippen LogP contribution in [-0.2, 0) is 16.9 Å². The van der Waals surface area contributed by atoms with Crippen LogP contribution >= 0.6 is 0 Å². The van der Waals surface area contributed by atoms with Gasteiger partial charge in [0, 0.05) is 16.7 Å². The summed E-state index contributed by atoms with van der Waals surface area (Å²) in [6, 6.07) is 3.26. The first-order valence-corrected chi connectivity index (χ1v) is 6.01. The molecule has 1 fully saturated rings. The van der Waals surface area contributed by atoms with Crippen molar-refractivity contribution in [3.63, 3.8) is 0 Å². The molecule has 1 heterocycles. The van der Waals surface area contributed by atoms with Crippen molar-refractivity contribution in [1.29, 1.82) is 0 Å². The van der Waals surface area contributed by atoms with Crippen molar-refractivity contribution in [2.24, 2.45) is 5.73 Å². The lowest BCUT2D eigenvalue weighted by molar-refractivity contribution is -0.0167. The van der Waals surface area contributed by atoms with Crippen LogP contribution in [0.25, 0.3) is 0 Å². The number of hydrogen-bond acceptors (Lipinski definition) is 3. The standard InChI is InChI=1S/C13H16FNO2/c14-11-5-9-7-16-8-17-12(9)6-10(11)13(15)3-1-2-4-13/h5-6H,1-4,7-8,15H2. The molecule has 0 unspecified atom stereocenters. The van der Waals surface area contributed by atoms with Crippen LogP contribution in [-0.4, -0.2) is 6.79 Å². The Morgan fingerprint density at radius 1 is 1.24 bits per heavy atom. The molecule has 2 aliphatic rings. The van der Waals surface area contributed by atoms with E-state index in [9.17, 15) is 4.39 Å². The van der Waals surface area contributed by atoms with Crippen LogP contribution in [0.15, 0.2) is 12.1 Å². The van der Waals surface area contributed by atoms with Gasteiger partial charge in [-0.05, 0) is 25.0 Å². The van der Waals surface area contributed by atoms with Gasteiger partial charge in [-0.1, -0.05) is 12.8 Å². The molecule has 0 atom stereocenters. The van der Waals surface area contributed by atoms with Gasteiger partial charge in [-0.25, -0.2) is 4.39 Å². The fourth-order valence-electron chi connectivity index (χ4n) is 2.76. The molecule has 0 spiro atoms. The molecule has 1 aliphatic carbocycles. The van der Waals surface area contributed by atoms with E-state index in [4.69, 9.17) is 15.2 Å². The van der Waals surface area contributed by atoms with Gasteiger partial charge in [-0.15, -0.1) is 0 Å². The highest BCUT2D eigenvalue weighted by Crippen LogP contribution is 2.40. The minimum atomic E-state index is -0.513. The highest BCUT2D eigenvalue weighted by atomic mass is 19.1. The van der Waals surface area contributed by atoms with Gasteiger partial charge in [0.25, 0.3) is 0 Å². The van der Waals surface area contributed by atoms with E-state index in [-0.39, 0.29) is 12.6 Å². The quantitative estimate of drug-likeness (QED) is 0.815. The van der Waals surface area contributed by atoms with Crippen molar-refractivity contribution in [3.05, 3.63) is 29.1 Å². The molecule has 1 aliphatic heterocycles. The molecule has 2 N–H and O–H groups in total. The molecule has 3 rings (SSSR count). The average molecular weight is 237 g/mol. The number of benzene rings is 1. The zero-order valence-electron chi connectivity index (χ0n) is 9.67. The number of rotatable bonds is 1. The van der Waals surface area contributed by atoms with E-state index >= 15 is 0 Å². The lowest BCUT2D eigenvalue weighted by Gasteiger charge is -2.27. The molecule has 4 heteroatoms. The van der Waals surface area contributed by atoms with E-state index in [1.807, 2.05) is 0 Å². The van der Waals surface area contributed by atoms with Crippen LogP contribution in [0.3, 0.4) is 0 Å². The van der Waals surface area contributed by atoms with Crippen molar-refractivity contribution >= 4 is 0 Å². The molecule has 1 aromatic carbocycles. The highest BCUT2D eigenvalue weighted by molar-refractivity contribution is 5.42. The van der Waals surface area contributed by atoms with Crippen LogP contribution in [0, 0.1) is 5.82 Å². The maximum atomic E-state index is 14.1. The average Bonchev–Trinajstić information content (AvgIpc) is 2.76. The lowest BCUT2D eigenvalue weighted by atomic mass is 9.88. The largest absolute Gasteiger partial charge is 0.467 e. The second kappa shape index (κ2) is 3.96. The van der Waals surface area contributed by atoms with Crippen molar-refractivity contribution < 1.29 is 13.9 Å². The molecular weight excluding hydrogens is 221 g/mol. The van der Waals surface area contributed by atoms with Gasteiger partial charge in [-0.3, -0.25) is 0 Å². The Labute approximate surface area is 99.7 Å². The zero-order valence-corrected chi connectivity index (χ0v) is 9.67. The zero-order chi connectivity index (χ0) is 11.9. The van der Waals surface area contributed by atoms with Crippen LogP contribution in [0.2, 0.25) is 0 Å². The number of ether oxygens (including phenoxy) is 2. The summed E-state index contributed by atoms with van der Waals surface area (Å²) in [7, 11) is 0. The molecule has 17 heavy (non-hydrogen) atoms. The first kappa shape index (κ1) is 11.0. The molecule has 1 aromatic rings. The molecular formula is C13H16FNO2. The first-order valence-electron chi connectivity index (χ1n) is 6.01. The summed E-state index contributed by atoms with van der Waals surface area (Å²) >= 11 is 0. The highest BCUT2D eigenvalue weighted by Gasteiger charge is 2.34. The summed E-state index contributed by atoms with van der Waals surface area (Å²) in [5, 5.41) is 0. The second-order valence-electron chi connectivity index (χ2n) is 4.91. The molecule has 0 saturated heterocycles. The Kier molecular flexibility index (Phi) is 2.56. The smallest absolute Gasteiger partial charge is 0.189 e. The maximum absolute atomic E-state index is 14.1. The Balaban J connectivity index is 2.04. The minimum absolute atomic E-state index is 0.232. The molecule has 0 radical (unpaired) electrons. The van der Waals surface area contributed by atoms with Crippen LogP contribution in [0.5, 0.6) is 5.75 Å². The predicted octanol–water partition coefficient (Wildman–Crippen LogP) is 2.42. The van der Waals surface area contributed by atoms with Gasteiger partial charge in [0.15, 0.2) is 6.79 Å². The fourth-order valence-corrected chi connectivity index (χ4v) is 2.76.